The smallest absolute Gasteiger partial charge is 0.325 e. The number of aryl methyl sites for hydroxylation is 2. The minimum Gasteiger partial charge on any atom is -0.480 e. The standard InChI is InChI=1S/C12H15N3O2/c1-3-10-14-8-5-4-7(11(13)12(16)17)6-9(8)15(10)2/h4-6,11H,3,13H2,1-2H3,(H,16,17). The van der Waals surface area contributed by atoms with Crippen molar-refractivity contribution < 1.29 is 9.90 Å². The molecule has 1 aromatic heterocycles. The largest absolute Gasteiger partial charge is 0.480 e. The van der Waals surface area contributed by atoms with Crippen LogP contribution in [0.3, 0.4) is 0 Å². The van der Waals surface area contributed by atoms with Crippen LogP contribution < -0.4 is 5.73 Å². The number of aliphatic carboxylic acids is 1. The Morgan fingerprint density at radius 2 is 2.29 bits per heavy atom. The number of carbonyl (C=O) groups is 1. The Morgan fingerprint density at radius 3 is 2.88 bits per heavy atom. The van der Waals surface area contributed by atoms with Crippen molar-refractivity contribution in [3.63, 3.8) is 0 Å². The molecule has 1 atom stereocenters. The number of fused-ring (bicyclic) bond motifs is 1. The first-order chi connectivity index (χ1) is 8.04. The molecule has 0 saturated carbocycles. The van der Waals surface area contributed by atoms with Gasteiger partial charge in [0.25, 0.3) is 0 Å². The second-order valence-electron chi connectivity index (χ2n) is 4.00. The van der Waals surface area contributed by atoms with Crippen LogP contribution in [0.2, 0.25) is 0 Å². The molecule has 0 aliphatic carbocycles. The van der Waals surface area contributed by atoms with E-state index in [2.05, 4.69) is 4.98 Å². The average Bonchev–Trinajstić information content (AvgIpc) is 2.64. The minimum absolute atomic E-state index is 0.593. The predicted octanol–water partition coefficient (Wildman–Crippen LogP) is 1.22. The number of hydrogen-bond donors (Lipinski definition) is 2. The van der Waals surface area contributed by atoms with Gasteiger partial charge in [0.15, 0.2) is 0 Å². The molecule has 0 spiro atoms. The second kappa shape index (κ2) is 4.18. The van der Waals surface area contributed by atoms with E-state index in [0.29, 0.717) is 5.56 Å². The molecule has 2 aromatic rings. The summed E-state index contributed by atoms with van der Waals surface area (Å²) in [6.07, 6.45) is 0.839. The van der Waals surface area contributed by atoms with E-state index in [-0.39, 0.29) is 0 Å². The average molecular weight is 233 g/mol. The van der Waals surface area contributed by atoms with Gasteiger partial charge in [-0.2, -0.15) is 0 Å². The van der Waals surface area contributed by atoms with Gasteiger partial charge in [0.05, 0.1) is 11.0 Å². The van der Waals surface area contributed by atoms with Crippen LogP contribution in [0.1, 0.15) is 24.4 Å². The topological polar surface area (TPSA) is 81.1 Å². The zero-order valence-corrected chi connectivity index (χ0v) is 9.84. The lowest BCUT2D eigenvalue weighted by molar-refractivity contribution is -0.138. The molecule has 0 aliphatic rings. The lowest BCUT2D eigenvalue weighted by Crippen LogP contribution is -2.20. The molecular weight excluding hydrogens is 218 g/mol. The Balaban J connectivity index is 2.57. The molecule has 0 fully saturated rings. The van der Waals surface area contributed by atoms with E-state index in [1.54, 1.807) is 12.1 Å². The highest BCUT2D eigenvalue weighted by Gasteiger charge is 2.16. The van der Waals surface area contributed by atoms with Crippen molar-refractivity contribution in [2.45, 2.75) is 19.4 Å². The zero-order chi connectivity index (χ0) is 12.6. The summed E-state index contributed by atoms with van der Waals surface area (Å²) in [5.41, 5.74) is 7.96. The van der Waals surface area contributed by atoms with Crippen LogP contribution in [-0.2, 0) is 18.3 Å². The molecule has 17 heavy (non-hydrogen) atoms. The van der Waals surface area contributed by atoms with Crippen LogP contribution in [0, 0.1) is 0 Å². The Labute approximate surface area is 98.9 Å². The highest BCUT2D eigenvalue weighted by molar-refractivity contribution is 5.81. The monoisotopic (exact) mass is 233 g/mol. The highest BCUT2D eigenvalue weighted by atomic mass is 16.4. The number of carboxylic acids is 1. The van der Waals surface area contributed by atoms with Gasteiger partial charge < -0.3 is 15.4 Å². The molecule has 5 nitrogen and oxygen atoms in total. The van der Waals surface area contributed by atoms with Gasteiger partial charge in [0.2, 0.25) is 0 Å². The summed E-state index contributed by atoms with van der Waals surface area (Å²) in [7, 11) is 1.92. The fourth-order valence-corrected chi connectivity index (χ4v) is 1.91. The van der Waals surface area contributed by atoms with E-state index in [4.69, 9.17) is 10.8 Å². The van der Waals surface area contributed by atoms with Crippen LogP contribution in [0.15, 0.2) is 18.2 Å². The molecule has 2 rings (SSSR count). The molecule has 0 amide bonds. The first-order valence-corrected chi connectivity index (χ1v) is 5.48. The van der Waals surface area contributed by atoms with Crippen molar-refractivity contribution in [3.05, 3.63) is 29.6 Å². The highest BCUT2D eigenvalue weighted by Crippen LogP contribution is 2.20. The van der Waals surface area contributed by atoms with Crippen LogP contribution in [-0.4, -0.2) is 20.6 Å². The van der Waals surface area contributed by atoms with Gasteiger partial charge in [0.1, 0.15) is 11.9 Å². The fourth-order valence-electron chi connectivity index (χ4n) is 1.91. The Kier molecular flexibility index (Phi) is 2.85. The number of nitrogens with zero attached hydrogens (tertiary/aromatic N) is 2. The molecule has 1 heterocycles. The zero-order valence-electron chi connectivity index (χ0n) is 9.84. The third-order valence-corrected chi connectivity index (χ3v) is 2.94. The molecular formula is C12H15N3O2. The summed E-state index contributed by atoms with van der Waals surface area (Å²) in [6.45, 7) is 2.03. The Hall–Kier alpha value is -1.88. The van der Waals surface area contributed by atoms with Crippen molar-refractivity contribution >= 4 is 17.0 Å². The lowest BCUT2D eigenvalue weighted by Gasteiger charge is -2.07. The van der Waals surface area contributed by atoms with E-state index >= 15 is 0 Å². The third-order valence-electron chi connectivity index (χ3n) is 2.94. The van der Waals surface area contributed by atoms with Crippen molar-refractivity contribution in [3.8, 4) is 0 Å². The van der Waals surface area contributed by atoms with Gasteiger partial charge in [-0.25, -0.2) is 4.98 Å². The van der Waals surface area contributed by atoms with Gasteiger partial charge >= 0.3 is 5.97 Å². The summed E-state index contributed by atoms with van der Waals surface area (Å²) >= 11 is 0. The summed E-state index contributed by atoms with van der Waals surface area (Å²) in [4.78, 5) is 15.3. The molecule has 1 unspecified atom stereocenters. The number of rotatable bonds is 3. The maximum Gasteiger partial charge on any atom is 0.325 e. The van der Waals surface area contributed by atoms with Crippen molar-refractivity contribution in [2.75, 3.05) is 0 Å². The molecule has 0 aliphatic heterocycles. The Morgan fingerprint density at radius 1 is 1.59 bits per heavy atom. The first kappa shape index (κ1) is 11.6. The van der Waals surface area contributed by atoms with Gasteiger partial charge in [-0.3, -0.25) is 4.79 Å². The number of benzene rings is 1. The number of carboxylic acid groups (broad SMARTS) is 1. The Bertz CT molecular complexity index is 574. The van der Waals surface area contributed by atoms with Crippen LogP contribution in [0.5, 0.6) is 0 Å². The lowest BCUT2D eigenvalue weighted by atomic mass is 10.1. The fraction of sp³-hybridized carbons (Fsp3) is 0.333. The molecule has 3 N–H and O–H groups in total. The summed E-state index contributed by atoms with van der Waals surface area (Å²) in [5.74, 6) is -0.0525. The van der Waals surface area contributed by atoms with Crippen molar-refractivity contribution in [2.24, 2.45) is 12.8 Å². The van der Waals surface area contributed by atoms with E-state index in [1.807, 2.05) is 24.6 Å². The van der Waals surface area contributed by atoms with E-state index in [9.17, 15) is 4.79 Å². The van der Waals surface area contributed by atoms with E-state index in [1.165, 1.54) is 0 Å². The maximum absolute atomic E-state index is 10.8. The quantitative estimate of drug-likeness (QED) is 0.835. The second-order valence-corrected chi connectivity index (χ2v) is 4.00. The summed E-state index contributed by atoms with van der Waals surface area (Å²) in [5, 5.41) is 8.88. The number of hydrogen-bond acceptors (Lipinski definition) is 3. The molecule has 5 heteroatoms. The van der Waals surface area contributed by atoms with Gasteiger partial charge in [-0.15, -0.1) is 0 Å². The van der Waals surface area contributed by atoms with Crippen molar-refractivity contribution in [1.82, 2.24) is 9.55 Å². The summed E-state index contributed by atoms with van der Waals surface area (Å²) in [6, 6.07) is 4.33. The van der Waals surface area contributed by atoms with Crippen LogP contribution in [0.4, 0.5) is 0 Å². The SMILES string of the molecule is CCc1nc2ccc(C(N)C(=O)O)cc2n1C. The normalized spacial score (nSPS) is 12.9. The number of aromatic nitrogens is 2. The van der Waals surface area contributed by atoms with E-state index < -0.39 is 12.0 Å². The molecule has 1 aromatic carbocycles. The van der Waals surface area contributed by atoms with Gasteiger partial charge in [0, 0.05) is 13.5 Å². The molecule has 90 valence electrons. The van der Waals surface area contributed by atoms with E-state index in [0.717, 1.165) is 23.3 Å². The minimum atomic E-state index is -1.03. The first-order valence-electron chi connectivity index (χ1n) is 5.48. The van der Waals surface area contributed by atoms with Crippen molar-refractivity contribution in [1.29, 1.82) is 0 Å². The van der Waals surface area contributed by atoms with Gasteiger partial charge in [-0.05, 0) is 17.7 Å². The number of imidazole rings is 1. The molecule has 0 radical (unpaired) electrons. The maximum atomic E-state index is 10.8. The van der Waals surface area contributed by atoms with Gasteiger partial charge in [-0.1, -0.05) is 13.0 Å². The van der Waals surface area contributed by atoms with Crippen LogP contribution in [0.25, 0.3) is 11.0 Å². The van der Waals surface area contributed by atoms with Crippen LogP contribution >= 0.6 is 0 Å². The summed E-state index contributed by atoms with van der Waals surface area (Å²) < 4.78 is 1.97. The predicted molar refractivity (Wildman–Crippen MR) is 64.7 cm³/mol. The molecule has 0 saturated heterocycles. The number of nitrogens with two attached hydrogens (primary N) is 1. The molecule has 0 bridgehead atoms. The third kappa shape index (κ3) is 1.89.